The highest BCUT2D eigenvalue weighted by atomic mass is 127. The first-order valence-electron chi connectivity index (χ1n) is 4.96. The van der Waals surface area contributed by atoms with Crippen molar-refractivity contribution in [1.82, 2.24) is 0 Å². The summed E-state index contributed by atoms with van der Waals surface area (Å²) in [4.78, 5) is 2.42. The Morgan fingerprint density at radius 2 is 1.82 bits per heavy atom. The van der Waals surface area contributed by atoms with Gasteiger partial charge in [-0.05, 0) is 81.0 Å². The van der Waals surface area contributed by atoms with Crippen molar-refractivity contribution in [1.29, 1.82) is 0 Å². The van der Waals surface area contributed by atoms with Gasteiger partial charge in [0.25, 0.3) is 0 Å². The molecule has 0 atom stereocenters. The quantitative estimate of drug-likeness (QED) is 0.630. The summed E-state index contributed by atoms with van der Waals surface area (Å²) in [7, 11) is 1.67. The molecule has 0 N–H and O–H groups in total. The SMILES string of the molecule is COc1ccc(Sc2ccc(I)cc2)c(Br)c1. The lowest BCUT2D eigenvalue weighted by atomic mass is 10.3. The molecule has 0 bridgehead atoms. The molecule has 4 heteroatoms. The Morgan fingerprint density at radius 3 is 2.41 bits per heavy atom. The van der Waals surface area contributed by atoms with E-state index in [0.29, 0.717) is 0 Å². The normalized spacial score (nSPS) is 10.3. The Labute approximate surface area is 127 Å². The Bertz CT molecular complexity index is 513. The van der Waals surface area contributed by atoms with Crippen LogP contribution in [0.4, 0.5) is 0 Å². The molecule has 0 aromatic heterocycles. The van der Waals surface area contributed by atoms with Crippen LogP contribution in [0.1, 0.15) is 0 Å². The second-order valence-corrected chi connectivity index (χ2v) is 6.57. The molecule has 0 saturated heterocycles. The average molecular weight is 421 g/mol. The lowest BCUT2D eigenvalue weighted by molar-refractivity contribution is 0.414. The number of ether oxygens (including phenoxy) is 1. The summed E-state index contributed by atoms with van der Waals surface area (Å²) in [5, 5.41) is 0. The molecule has 0 heterocycles. The molecule has 0 aliphatic rings. The van der Waals surface area contributed by atoms with Crippen LogP contribution in [0.25, 0.3) is 0 Å². The van der Waals surface area contributed by atoms with Gasteiger partial charge in [-0.25, -0.2) is 0 Å². The molecular formula is C13H10BrIOS. The Hall–Kier alpha value is -0.200. The zero-order chi connectivity index (χ0) is 12.3. The predicted molar refractivity (Wildman–Crippen MR) is 84.0 cm³/mol. The molecule has 0 amide bonds. The fourth-order valence-corrected chi connectivity index (χ4v) is 3.10. The van der Waals surface area contributed by atoms with Gasteiger partial charge in [-0.1, -0.05) is 11.8 Å². The van der Waals surface area contributed by atoms with E-state index in [-0.39, 0.29) is 0 Å². The fourth-order valence-electron chi connectivity index (χ4n) is 1.32. The van der Waals surface area contributed by atoms with Gasteiger partial charge in [0.05, 0.1) is 7.11 Å². The van der Waals surface area contributed by atoms with E-state index >= 15 is 0 Å². The van der Waals surface area contributed by atoms with Crippen molar-refractivity contribution in [3.63, 3.8) is 0 Å². The highest BCUT2D eigenvalue weighted by Gasteiger charge is 2.04. The highest BCUT2D eigenvalue weighted by molar-refractivity contribution is 14.1. The Balaban J connectivity index is 2.21. The van der Waals surface area contributed by atoms with E-state index in [4.69, 9.17) is 4.74 Å². The number of hydrogen-bond donors (Lipinski definition) is 0. The second-order valence-electron chi connectivity index (χ2n) is 3.35. The van der Waals surface area contributed by atoms with E-state index in [9.17, 15) is 0 Å². The van der Waals surface area contributed by atoms with Crippen molar-refractivity contribution < 1.29 is 4.74 Å². The van der Waals surface area contributed by atoms with Gasteiger partial charge in [-0.3, -0.25) is 0 Å². The predicted octanol–water partition coefficient (Wildman–Crippen LogP) is 5.21. The molecule has 0 spiro atoms. The van der Waals surface area contributed by atoms with E-state index in [2.05, 4.69) is 68.9 Å². The molecule has 1 nitrogen and oxygen atoms in total. The smallest absolute Gasteiger partial charge is 0.120 e. The standard InChI is InChI=1S/C13H10BrIOS/c1-16-10-4-7-13(12(14)8-10)17-11-5-2-9(15)3-6-11/h2-8H,1H3. The number of benzene rings is 2. The zero-order valence-electron chi connectivity index (χ0n) is 9.11. The monoisotopic (exact) mass is 420 g/mol. The summed E-state index contributed by atoms with van der Waals surface area (Å²) in [6, 6.07) is 14.5. The van der Waals surface area contributed by atoms with E-state index < -0.39 is 0 Å². The molecule has 0 saturated carbocycles. The van der Waals surface area contributed by atoms with Crippen LogP contribution in [0, 0.1) is 3.57 Å². The van der Waals surface area contributed by atoms with Gasteiger partial charge in [0.1, 0.15) is 5.75 Å². The zero-order valence-corrected chi connectivity index (χ0v) is 13.7. The second kappa shape index (κ2) is 6.11. The van der Waals surface area contributed by atoms with Crippen LogP contribution in [-0.2, 0) is 0 Å². The average Bonchev–Trinajstić information content (AvgIpc) is 2.34. The van der Waals surface area contributed by atoms with Crippen LogP contribution >= 0.6 is 50.3 Å². The molecule has 2 rings (SSSR count). The first kappa shape index (κ1) is 13.2. The first-order valence-corrected chi connectivity index (χ1v) is 7.65. The molecule has 2 aromatic rings. The van der Waals surface area contributed by atoms with Gasteiger partial charge in [0.15, 0.2) is 0 Å². The van der Waals surface area contributed by atoms with Crippen molar-refractivity contribution in [2.75, 3.05) is 7.11 Å². The highest BCUT2D eigenvalue weighted by Crippen LogP contribution is 2.35. The maximum atomic E-state index is 5.18. The van der Waals surface area contributed by atoms with Crippen molar-refractivity contribution in [2.45, 2.75) is 9.79 Å². The van der Waals surface area contributed by atoms with Gasteiger partial charge in [0.2, 0.25) is 0 Å². The van der Waals surface area contributed by atoms with Crippen molar-refractivity contribution in [2.24, 2.45) is 0 Å². The van der Waals surface area contributed by atoms with E-state index in [1.165, 1.54) is 13.4 Å². The molecule has 0 fully saturated rings. The fraction of sp³-hybridized carbons (Fsp3) is 0.0769. The summed E-state index contributed by atoms with van der Waals surface area (Å²) in [5.41, 5.74) is 0. The molecule has 0 radical (unpaired) electrons. The van der Waals surface area contributed by atoms with Gasteiger partial charge in [0, 0.05) is 17.8 Å². The molecule has 0 aliphatic carbocycles. The van der Waals surface area contributed by atoms with Gasteiger partial charge >= 0.3 is 0 Å². The van der Waals surface area contributed by atoms with E-state index in [0.717, 1.165) is 10.2 Å². The van der Waals surface area contributed by atoms with Crippen molar-refractivity contribution in [3.8, 4) is 5.75 Å². The third-order valence-corrected chi connectivity index (χ3v) is 4.90. The largest absolute Gasteiger partial charge is 0.497 e. The van der Waals surface area contributed by atoms with Crippen molar-refractivity contribution >= 4 is 50.3 Å². The number of rotatable bonds is 3. The first-order chi connectivity index (χ1) is 8.19. The topological polar surface area (TPSA) is 9.23 Å². The Kier molecular flexibility index (Phi) is 4.76. The van der Waals surface area contributed by atoms with Crippen LogP contribution in [-0.4, -0.2) is 7.11 Å². The number of halogens is 2. The van der Waals surface area contributed by atoms with Gasteiger partial charge < -0.3 is 4.74 Å². The molecule has 0 aliphatic heterocycles. The molecule has 17 heavy (non-hydrogen) atoms. The summed E-state index contributed by atoms with van der Waals surface area (Å²) in [6.45, 7) is 0. The number of hydrogen-bond acceptors (Lipinski definition) is 2. The lowest BCUT2D eigenvalue weighted by Gasteiger charge is -2.06. The van der Waals surface area contributed by atoms with E-state index in [1.54, 1.807) is 18.9 Å². The number of methoxy groups -OCH3 is 1. The molecular weight excluding hydrogens is 411 g/mol. The van der Waals surface area contributed by atoms with Gasteiger partial charge in [-0.2, -0.15) is 0 Å². The van der Waals surface area contributed by atoms with E-state index in [1.807, 2.05) is 12.1 Å². The summed E-state index contributed by atoms with van der Waals surface area (Å²) < 4.78 is 7.48. The van der Waals surface area contributed by atoms with Crippen LogP contribution in [0.2, 0.25) is 0 Å². The minimum absolute atomic E-state index is 0.865. The van der Waals surface area contributed by atoms with Crippen LogP contribution < -0.4 is 4.74 Å². The van der Waals surface area contributed by atoms with Crippen LogP contribution in [0.3, 0.4) is 0 Å². The summed E-state index contributed by atoms with van der Waals surface area (Å²) in [5.74, 6) is 0.865. The maximum Gasteiger partial charge on any atom is 0.120 e. The maximum absolute atomic E-state index is 5.18. The Morgan fingerprint density at radius 1 is 1.12 bits per heavy atom. The molecule has 88 valence electrons. The minimum atomic E-state index is 0.865. The molecule has 2 aromatic carbocycles. The van der Waals surface area contributed by atoms with Gasteiger partial charge in [-0.15, -0.1) is 0 Å². The van der Waals surface area contributed by atoms with Crippen molar-refractivity contribution in [3.05, 3.63) is 50.5 Å². The molecule has 0 unspecified atom stereocenters. The third kappa shape index (κ3) is 3.63. The van der Waals surface area contributed by atoms with Crippen LogP contribution in [0.5, 0.6) is 5.75 Å². The summed E-state index contributed by atoms with van der Waals surface area (Å²) in [6.07, 6.45) is 0. The van der Waals surface area contributed by atoms with Crippen LogP contribution in [0.15, 0.2) is 56.7 Å². The minimum Gasteiger partial charge on any atom is -0.497 e. The lowest BCUT2D eigenvalue weighted by Crippen LogP contribution is -1.83. The third-order valence-electron chi connectivity index (χ3n) is 2.18. The summed E-state index contributed by atoms with van der Waals surface area (Å²) >= 11 is 7.60.